The molecule has 24 heavy (non-hydrogen) atoms. The molecule has 0 atom stereocenters. The van der Waals surface area contributed by atoms with Gasteiger partial charge < -0.3 is 10.1 Å². The second-order valence-electron chi connectivity index (χ2n) is 5.66. The largest absolute Gasteiger partial charge is 0.502 e. The normalized spacial score (nSPS) is 11.0. The number of nitrogens with one attached hydrogen (secondary N) is 1. The van der Waals surface area contributed by atoms with Gasteiger partial charge in [-0.2, -0.15) is 0 Å². The number of fused-ring (bicyclic) bond motifs is 1. The summed E-state index contributed by atoms with van der Waals surface area (Å²) in [5, 5.41) is 10.6. The third-order valence-corrected chi connectivity index (χ3v) is 4.18. The first-order valence-corrected chi connectivity index (χ1v) is 7.57. The molecule has 0 amide bonds. The number of benzene rings is 2. The van der Waals surface area contributed by atoms with Crippen LogP contribution in [0.15, 0.2) is 65.7 Å². The molecule has 5 heteroatoms. The number of hydrogen-bond donors (Lipinski definition) is 2. The lowest BCUT2D eigenvalue weighted by Gasteiger charge is -2.10. The maximum Gasteiger partial charge on any atom is 0.295 e. The molecule has 0 unspecified atom stereocenters. The first-order chi connectivity index (χ1) is 11.6. The van der Waals surface area contributed by atoms with E-state index in [9.17, 15) is 9.90 Å². The van der Waals surface area contributed by atoms with Gasteiger partial charge in [0.05, 0.1) is 6.20 Å². The van der Waals surface area contributed by atoms with Crippen LogP contribution in [0.4, 0.5) is 0 Å². The van der Waals surface area contributed by atoms with Crippen LogP contribution < -0.4 is 5.56 Å². The highest BCUT2D eigenvalue weighted by Crippen LogP contribution is 2.30. The van der Waals surface area contributed by atoms with Crippen LogP contribution in [-0.2, 0) is 7.05 Å². The molecule has 0 fully saturated rings. The van der Waals surface area contributed by atoms with Crippen molar-refractivity contribution in [3.8, 4) is 28.3 Å². The van der Waals surface area contributed by atoms with Gasteiger partial charge in [0, 0.05) is 29.7 Å². The van der Waals surface area contributed by atoms with Crippen molar-refractivity contribution >= 4 is 10.9 Å². The maximum absolute atomic E-state index is 11.9. The van der Waals surface area contributed by atoms with E-state index in [4.69, 9.17) is 0 Å². The summed E-state index contributed by atoms with van der Waals surface area (Å²) in [6.07, 6.45) is 3.11. The molecule has 2 heterocycles. The fraction of sp³-hybridized carbons (Fsp3) is 0.0526. The first kappa shape index (κ1) is 14.3. The highest BCUT2D eigenvalue weighted by molar-refractivity contribution is 5.95. The third-order valence-electron chi connectivity index (χ3n) is 4.18. The average Bonchev–Trinajstić information content (AvgIpc) is 3.08. The van der Waals surface area contributed by atoms with Gasteiger partial charge in [-0.05, 0) is 29.3 Å². The molecule has 0 spiro atoms. The molecule has 4 rings (SSSR count). The molecule has 118 valence electrons. The maximum atomic E-state index is 11.9. The molecule has 0 bridgehead atoms. The van der Waals surface area contributed by atoms with Crippen LogP contribution in [0.5, 0.6) is 5.75 Å². The zero-order chi connectivity index (χ0) is 16.7. The third kappa shape index (κ3) is 2.18. The molecular formula is C19H15N3O2. The Morgan fingerprint density at radius 2 is 1.88 bits per heavy atom. The van der Waals surface area contributed by atoms with Crippen LogP contribution in [0.1, 0.15) is 0 Å². The summed E-state index contributed by atoms with van der Waals surface area (Å²) >= 11 is 0. The number of rotatable bonds is 2. The van der Waals surface area contributed by atoms with Gasteiger partial charge in [-0.3, -0.25) is 9.36 Å². The lowest BCUT2D eigenvalue weighted by atomic mass is 9.99. The van der Waals surface area contributed by atoms with Crippen molar-refractivity contribution in [2.24, 2.45) is 7.05 Å². The number of H-pyrrole nitrogens is 1. The molecule has 0 saturated heterocycles. The predicted octanol–water partition coefficient (Wildman–Crippen LogP) is 3.30. The van der Waals surface area contributed by atoms with E-state index in [1.807, 2.05) is 48.7 Å². The number of nitrogens with zero attached hydrogens (tertiary/aromatic N) is 2. The first-order valence-electron chi connectivity index (χ1n) is 7.57. The molecule has 2 N–H and O–H groups in total. The van der Waals surface area contributed by atoms with E-state index >= 15 is 0 Å². The van der Waals surface area contributed by atoms with Gasteiger partial charge >= 0.3 is 0 Å². The van der Waals surface area contributed by atoms with Crippen molar-refractivity contribution in [2.45, 2.75) is 0 Å². The van der Waals surface area contributed by atoms with Crippen molar-refractivity contribution in [1.82, 2.24) is 14.5 Å². The lowest BCUT2D eigenvalue weighted by Crippen LogP contribution is -2.18. The smallest absolute Gasteiger partial charge is 0.295 e. The van der Waals surface area contributed by atoms with Crippen molar-refractivity contribution in [2.75, 3.05) is 0 Å². The Morgan fingerprint density at radius 3 is 2.75 bits per heavy atom. The second kappa shape index (κ2) is 5.38. The minimum Gasteiger partial charge on any atom is -0.502 e. The lowest BCUT2D eigenvalue weighted by molar-refractivity contribution is 0.457. The topological polar surface area (TPSA) is 70.9 Å². The zero-order valence-corrected chi connectivity index (χ0v) is 13.0. The van der Waals surface area contributed by atoms with Crippen molar-refractivity contribution < 1.29 is 5.11 Å². The van der Waals surface area contributed by atoms with E-state index in [1.165, 1.54) is 10.8 Å². The molecule has 0 aliphatic carbocycles. The van der Waals surface area contributed by atoms with E-state index in [-0.39, 0.29) is 5.75 Å². The monoisotopic (exact) mass is 317 g/mol. The second-order valence-corrected chi connectivity index (χ2v) is 5.66. The van der Waals surface area contributed by atoms with Crippen LogP contribution in [-0.4, -0.2) is 19.6 Å². The summed E-state index contributed by atoms with van der Waals surface area (Å²) in [4.78, 5) is 19.3. The Labute approximate surface area is 137 Å². The number of aromatic amines is 1. The molecule has 0 saturated carbocycles. The van der Waals surface area contributed by atoms with Crippen LogP contribution in [0.2, 0.25) is 0 Å². The SMILES string of the molecule is Cn1c(-c2cccc(-c3cccc4[nH]ccc34)c2)ncc(O)c1=O. The summed E-state index contributed by atoms with van der Waals surface area (Å²) in [5.74, 6) is 0.162. The quantitative estimate of drug-likeness (QED) is 0.596. The van der Waals surface area contributed by atoms with E-state index < -0.39 is 5.56 Å². The molecule has 2 aromatic carbocycles. The van der Waals surface area contributed by atoms with Crippen LogP contribution in [0.3, 0.4) is 0 Å². The Morgan fingerprint density at radius 1 is 1.08 bits per heavy atom. The van der Waals surface area contributed by atoms with Gasteiger partial charge in [-0.25, -0.2) is 4.98 Å². The highest BCUT2D eigenvalue weighted by Gasteiger charge is 2.10. The summed E-state index contributed by atoms with van der Waals surface area (Å²) in [6, 6.07) is 16.0. The van der Waals surface area contributed by atoms with Crippen molar-refractivity contribution in [3.05, 3.63) is 71.3 Å². The van der Waals surface area contributed by atoms with E-state index in [0.717, 1.165) is 27.6 Å². The summed E-state index contributed by atoms with van der Waals surface area (Å²) < 4.78 is 1.35. The van der Waals surface area contributed by atoms with Gasteiger partial charge in [0.25, 0.3) is 5.56 Å². The van der Waals surface area contributed by atoms with Crippen molar-refractivity contribution in [1.29, 1.82) is 0 Å². The summed E-state index contributed by atoms with van der Waals surface area (Å²) in [5.41, 5.74) is 3.59. The van der Waals surface area contributed by atoms with Crippen molar-refractivity contribution in [3.63, 3.8) is 0 Å². The van der Waals surface area contributed by atoms with E-state index in [1.54, 1.807) is 7.05 Å². The minimum absolute atomic E-state index is 0.352. The van der Waals surface area contributed by atoms with E-state index in [2.05, 4.69) is 16.0 Å². The average molecular weight is 317 g/mol. The molecule has 0 aliphatic heterocycles. The van der Waals surface area contributed by atoms with Crippen LogP contribution in [0.25, 0.3) is 33.4 Å². The molecule has 0 radical (unpaired) electrons. The van der Waals surface area contributed by atoms with Gasteiger partial charge in [-0.15, -0.1) is 0 Å². The Hall–Kier alpha value is -3.34. The molecule has 4 aromatic rings. The van der Waals surface area contributed by atoms with Gasteiger partial charge in [-0.1, -0.05) is 30.3 Å². The number of aromatic nitrogens is 3. The molecule has 0 aliphatic rings. The molecule has 2 aromatic heterocycles. The Kier molecular flexibility index (Phi) is 3.20. The molecule has 5 nitrogen and oxygen atoms in total. The van der Waals surface area contributed by atoms with Gasteiger partial charge in [0.2, 0.25) is 0 Å². The molecular weight excluding hydrogens is 302 g/mol. The van der Waals surface area contributed by atoms with E-state index in [0.29, 0.717) is 5.82 Å². The van der Waals surface area contributed by atoms with Crippen LogP contribution >= 0.6 is 0 Å². The van der Waals surface area contributed by atoms with Crippen LogP contribution in [0, 0.1) is 0 Å². The summed E-state index contributed by atoms with van der Waals surface area (Å²) in [6.45, 7) is 0. The number of aromatic hydroxyl groups is 1. The zero-order valence-electron chi connectivity index (χ0n) is 13.0. The standard InChI is InChI=1S/C19H15N3O2/c1-22-18(21-11-17(23)19(22)24)13-5-2-4-12(10-13)14-6-3-7-16-15(14)8-9-20-16/h2-11,20,23H,1H3. The minimum atomic E-state index is -0.460. The fourth-order valence-corrected chi connectivity index (χ4v) is 2.96. The predicted molar refractivity (Wildman–Crippen MR) is 93.9 cm³/mol. The Bertz CT molecular complexity index is 1110. The Balaban J connectivity index is 1.90. The fourth-order valence-electron chi connectivity index (χ4n) is 2.96. The van der Waals surface area contributed by atoms with Gasteiger partial charge in [0.1, 0.15) is 5.82 Å². The van der Waals surface area contributed by atoms with Gasteiger partial charge in [0.15, 0.2) is 5.75 Å². The number of hydrogen-bond acceptors (Lipinski definition) is 3. The summed E-state index contributed by atoms with van der Waals surface area (Å²) in [7, 11) is 1.60. The highest BCUT2D eigenvalue weighted by atomic mass is 16.3.